The maximum absolute atomic E-state index is 12.2. The normalized spacial score (nSPS) is 26.7. The van der Waals surface area contributed by atoms with E-state index in [1.807, 2.05) is 0 Å². The van der Waals surface area contributed by atoms with E-state index < -0.39 is 10.0 Å². The van der Waals surface area contributed by atoms with Gasteiger partial charge in [0.15, 0.2) is 5.76 Å². The number of sulfonamides is 1. The van der Waals surface area contributed by atoms with Crippen molar-refractivity contribution in [3.63, 3.8) is 0 Å². The highest BCUT2D eigenvalue weighted by Crippen LogP contribution is 2.27. The molecular formula is C11H15N3O4S. The molecule has 2 unspecified atom stereocenters. The van der Waals surface area contributed by atoms with Crippen LogP contribution in [0, 0.1) is 11.8 Å². The Kier molecular flexibility index (Phi) is 2.88. The SMILES string of the molecule is NS(=O)(=O)c1coc(C(=O)N2CC3CNCC3C2)c1. The molecule has 2 fully saturated rings. The van der Waals surface area contributed by atoms with Crippen molar-refractivity contribution in [2.75, 3.05) is 26.2 Å². The predicted octanol–water partition coefficient (Wildman–Crippen LogP) is -0.782. The number of fused-ring (bicyclic) bond motifs is 1. The number of primary sulfonamides is 1. The minimum atomic E-state index is -3.83. The van der Waals surface area contributed by atoms with Crippen molar-refractivity contribution in [2.24, 2.45) is 17.0 Å². The zero-order valence-corrected chi connectivity index (χ0v) is 11.0. The first-order valence-corrected chi connectivity index (χ1v) is 7.61. The lowest BCUT2D eigenvalue weighted by Crippen LogP contribution is -2.31. The maximum Gasteiger partial charge on any atom is 0.289 e. The molecule has 2 aliphatic heterocycles. The molecule has 3 heterocycles. The minimum Gasteiger partial charge on any atom is -0.458 e. The van der Waals surface area contributed by atoms with Crippen molar-refractivity contribution in [1.29, 1.82) is 0 Å². The Morgan fingerprint density at radius 3 is 2.53 bits per heavy atom. The lowest BCUT2D eigenvalue weighted by molar-refractivity contribution is 0.0750. The highest BCUT2D eigenvalue weighted by molar-refractivity contribution is 7.89. The molecule has 0 spiro atoms. The number of amides is 1. The van der Waals surface area contributed by atoms with Gasteiger partial charge in [-0.05, 0) is 11.8 Å². The first kappa shape index (κ1) is 12.6. The fourth-order valence-electron chi connectivity index (χ4n) is 2.76. The topological polar surface area (TPSA) is 106 Å². The molecule has 3 N–H and O–H groups in total. The third-order valence-electron chi connectivity index (χ3n) is 3.79. The molecule has 1 aromatic heterocycles. The summed E-state index contributed by atoms with van der Waals surface area (Å²) in [7, 11) is -3.83. The van der Waals surface area contributed by atoms with Gasteiger partial charge in [-0.2, -0.15) is 0 Å². The molecule has 0 aliphatic carbocycles. The van der Waals surface area contributed by atoms with Gasteiger partial charge in [-0.1, -0.05) is 0 Å². The molecule has 0 aromatic carbocycles. The number of rotatable bonds is 2. The third kappa shape index (κ3) is 2.26. The molecular weight excluding hydrogens is 270 g/mol. The van der Waals surface area contributed by atoms with E-state index in [4.69, 9.17) is 9.56 Å². The summed E-state index contributed by atoms with van der Waals surface area (Å²) in [6.45, 7) is 3.22. The second-order valence-corrected chi connectivity index (χ2v) is 6.64. The largest absolute Gasteiger partial charge is 0.458 e. The highest BCUT2D eigenvalue weighted by Gasteiger charge is 2.39. The number of carbonyl (C=O) groups excluding carboxylic acids is 1. The molecule has 19 heavy (non-hydrogen) atoms. The van der Waals surface area contributed by atoms with E-state index in [9.17, 15) is 13.2 Å². The number of furan rings is 1. The monoisotopic (exact) mass is 285 g/mol. The molecule has 0 saturated carbocycles. The fraction of sp³-hybridized carbons (Fsp3) is 0.545. The van der Waals surface area contributed by atoms with Crippen LogP contribution in [-0.4, -0.2) is 45.4 Å². The zero-order chi connectivity index (χ0) is 13.6. The van der Waals surface area contributed by atoms with Gasteiger partial charge >= 0.3 is 0 Å². The molecule has 1 amide bonds. The van der Waals surface area contributed by atoms with Crippen LogP contribution in [-0.2, 0) is 10.0 Å². The number of nitrogens with one attached hydrogen (secondary N) is 1. The Morgan fingerprint density at radius 2 is 2.00 bits per heavy atom. The van der Waals surface area contributed by atoms with Gasteiger partial charge in [-0.25, -0.2) is 13.6 Å². The van der Waals surface area contributed by atoms with Crippen molar-refractivity contribution < 1.29 is 17.6 Å². The van der Waals surface area contributed by atoms with Crippen LogP contribution < -0.4 is 10.5 Å². The summed E-state index contributed by atoms with van der Waals surface area (Å²) < 4.78 is 27.3. The third-order valence-corrected chi connectivity index (χ3v) is 4.66. The molecule has 0 bridgehead atoms. The van der Waals surface area contributed by atoms with Gasteiger partial charge in [-0.3, -0.25) is 4.79 Å². The fourth-order valence-corrected chi connectivity index (χ4v) is 3.21. The Bertz CT molecular complexity index is 597. The number of nitrogens with two attached hydrogens (primary N) is 1. The summed E-state index contributed by atoms with van der Waals surface area (Å²) in [5, 5.41) is 8.27. The standard InChI is InChI=1S/C11H15N3O4S/c12-19(16,17)9-1-10(18-6-9)11(15)14-4-7-2-13-3-8(7)5-14/h1,6-8,13H,2-5H2,(H2,12,16,17). The van der Waals surface area contributed by atoms with Crippen molar-refractivity contribution in [3.8, 4) is 0 Å². The van der Waals surface area contributed by atoms with E-state index in [1.165, 1.54) is 6.07 Å². The first-order valence-electron chi connectivity index (χ1n) is 6.06. The predicted molar refractivity (Wildman–Crippen MR) is 65.8 cm³/mol. The van der Waals surface area contributed by atoms with Crippen molar-refractivity contribution in [3.05, 3.63) is 18.1 Å². The lowest BCUT2D eigenvalue weighted by atomic mass is 10.0. The van der Waals surface area contributed by atoms with Crippen molar-refractivity contribution >= 4 is 15.9 Å². The zero-order valence-electron chi connectivity index (χ0n) is 10.2. The molecule has 2 aliphatic rings. The van der Waals surface area contributed by atoms with Crippen LogP contribution in [0.3, 0.4) is 0 Å². The summed E-state index contributed by atoms with van der Waals surface area (Å²) in [5.74, 6) is 0.717. The van der Waals surface area contributed by atoms with Crippen LogP contribution in [0.15, 0.2) is 21.6 Å². The summed E-state index contributed by atoms with van der Waals surface area (Å²) in [6.07, 6.45) is 1.00. The molecule has 8 heteroatoms. The van der Waals surface area contributed by atoms with Crippen LogP contribution in [0.25, 0.3) is 0 Å². The van der Waals surface area contributed by atoms with Gasteiger partial charge in [-0.15, -0.1) is 0 Å². The van der Waals surface area contributed by atoms with Gasteiger partial charge in [0.05, 0.1) is 0 Å². The number of likely N-dealkylation sites (tertiary alicyclic amines) is 1. The summed E-state index contributed by atoms with van der Waals surface area (Å²) in [5.41, 5.74) is 0. The van der Waals surface area contributed by atoms with Gasteiger partial charge in [0.2, 0.25) is 10.0 Å². The average Bonchev–Trinajstić information content (AvgIpc) is 3.01. The van der Waals surface area contributed by atoms with Crippen LogP contribution in [0.2, 0.25) is 0 Å². The van der Waals surface area contributed by atoms with E-state index in [0.29, 0.717) is 24.9 Å². The first-order chi connectivity index (χ1) is 8.95. The maximum atomic E-state index is 12.2. The Labute approximate surface area is 110 Å². The molecule has 3 rings (SSSR count). The van der Waals surface area contributed by atoms with E-state index in [1.54, 1.807) is 4.90 Å². The number of nitrogens with zero attached hydrogens (tertiary/aromatic N) is 1. The lowest BCUT2D eigenvalue weighted by Gasteiger charge is -2.15. The molecule has 7 nitrogen and oxygen atoms in total. The van der Waals surface area contributed by atoms with Crippen molar-refractivity contribution in [2.45, 2.75) is 4.90 Å². The van der Waals surface area contributed by atoms with Gasteiger partial charge in [0.25, 0.3) is 5.91 Å². The molecule has 1 aromatic rings. The molecule has 104 valence electrons. The number of hydrogen-bond donors (Lipinski definition) is 2. The van der Waals surface area contributed by atoms with Crippen LogP contribution in [0.4, 0.5) is 0 Å². The second kappa shape index (κ2) is 4.32. The number of hydrogen-bond acceptors (Lipinski definition) is 5. The number of carbonyl (C=O) groups is 1. The highest BCUT2D eigenvalue weighted by atomic mass is 32.2. The quantitative estimate of drug-likeness (QED) is 0.741. The molecule has 2 saturated heterocycles. The minimum absolute atomic E-state index is 0.0250. The van der Waals surface area contributed by atoms with E-state index in [2.05, 4.69) is 5.32 Å². The van der Waals surface area contributed by atoms with Gasteiger partial charge in [0, 0.05) is 32.2 Å². The van der Waals surface area contributed by atoms with Gasteiger partial charge < -0.3 is 14.6 Å². The second-order valence-electron chi connectivity index (χ2n) is 5.08. The van der Waals surface area contributed by atoms with E-state index in [-0.39, 0.29) is 16.6 Å². The Hall–Kier alpha value is -1.38. The van der Waals surface area contributed by atoms with Crippen molar-refractivity contribution in [1.82, 2.24) is 10.2 Å². The summed E-state index contributed by atoms with van der Waals surface area (Å²) >= 11 is 0. The Balaban J connectivity index is 1.76. The molecule has 2 atom stereocenters. The van der Waals surface area contributed by atoms with E-state index >= 15 is 0 Å². The summed E-state index contributed by atoms with van der Waals surface area (Å²) in [4.78, 5) is 13.7. The smallest absolute Gasteiger partial charge is 0.289 e. The van der Waals surface area contributed by atoms with Crippen LogP contribution in [0.5, 0.6) is 0 Å². The average molecular weight is 285 g/mol. The van der Waals surface area contributed by atoms with E-state index in [0.717, 1.165) is 19.4 Å². The Morgan fingerprint density at radius 1 is 1.37 bits per heavy atom. The van der Waals surface area contributed by atoms with Gasteiger partial charge in [0.1, 0.15) is 11.2 Å². The van der Waals surface area contributed by atoms with Crippen LogP contribution in [0.1, 0.15) is 10.6 Å². The summed E-state index contributed by atoms with van der Waals surface area (Å²) in [6, 6.07) is 1.18. The molecule has 0 radical (unpaired) electrons. The van der Waals surface area contributed by atoms with Crippen LogP contribution >= 0.6 is 0 Å².